The Morgan fingerprint density at radius 1 is 1.28 bits per heavy atom. The molecule has 0 bridgehead atoms. The van der Waals surface area contributed by atoms with Crippen molar-refractivity contribution in [2.75, 3.05) is 38.3 Å². The monoisotopic (exact) mass is 488 g/mol. The van der Waals surface area contributed by atoms with Crippen molar-refractivity contribution >= 4 is 29.3 Å². The van der Waals surface area contributed by atoms with Crippen LogP contribution in [0.4, 0.5) is 16.3 Å². The summed E-state index contributed by atoms with van der Waals surface area (Å²) in [5.41, 5.74) is 17.9. The van der Waals surface area contributed by atoms with Gasteiger partial charge in [0.15, 0.2) is 5.82 Å². The van der Waals surface area contributed by atoms with Gasteiger partial charge < -0.3 is 26.0 Å². The molecular weight excluding hydrogens is 456 g/mol. The minimum absolute atomic E-state index is 0.272. The second-order valence-electron chi connectivity index (χ2n) is 9.45. The minimum atomic E-state index is -0.417. The number of aromatic nitrogens is 2. The molecule has 10 heteroatoms. The minimum Gasteiger partial charge on any atom is -0.404 e. The molecule has 0 radical (unpaired) electrons. The molecule has 3 aliphatic heterocycles. The number of rotatable bonds is 4. The van der Waals surface area contributed by atoms with Crippen LogP contribution in [0.25, 0.3) is 5.57 Å². The highest BCUT2D eigenvalue weighted by Gasteiger charge is 2.33. The zero-order valence-electron chi connectivity index (χ0n) is 20.6. The first kappa shape index (κ1) is 23.9. The molecule has 3 aliphatic rings. The summed E-state index contributed by atoms with van der Waals surface area (Å²) >= 11 is 0. The quantitative estimate of drug-likeness (QED) is 0.634. The second kappa shape index (κ2) is 10.0. The maximum absolute atomic E-state index is 12.1. The van der Waals surface area contributed by atoms with Crippen LogP contribution in [-0.4, -0.2) is 60.3 Å². The zero-order chi connectivity index (χ0) is 25.2. The molecule has 0 unspecified atom stereocenters. The fourth-order valence-corrected chi connectivity index (χ4v) is 5.59. The van der Waals surface area contributed by atoms with Gasteiger partial charge in [0, 0.05) is 80.3 Å². The van der Waals surface area contributed by atoms with E-state index in [-0.39, 0.29) is 6.04 Å². The summed E-state index contributed by atoms with van der Waals surface area (Å²) in [6.07, 6.45) is 7.54. The summed E-state index contributed by atoms with van der Waals surface area (Å²) < 4.78 is 7.76. The number of fused-ring (bicyclic) bond motifs is 2. The summed E-state index contributed by atoms with van der Waals surface area (Å²) in [5.74, 6) is 0.852. The predicted octanol–water partition coefficient (Wildman–Crippen LogP) is 2.63. The molecule has 4 heterocycles. The van der Waals surface area contributed by atoms with E-state index in [4.69, 9.17) is 21.3 Å². The number of nitriles is 1. The Balaban J connectivity index is 1.62. The molecule has 4 N–H and O–H groups in total. The van der Waals surface area contributed by atoms with Crippen LogP contribution in [0.5, 0.6) is 0 Å². The molecular formula is C26H32N8O2. The average molecular weight is 489 g/mol. The Labute approximate surface area is 210 Å². The summed E-state index contributed by atoms with van der Waals surface area (Å²) in [5, 5.41) is 15.1. The topological polar surface area (TPSA) is 139 Å². The number of ether oxygens (including phenoxy) is 1. The third kappa shape index (κ3) is 4.20. The normalized spacial score (nSPS) is 18.7. The number of primary amides is 1. The van der Waals surface area contributed by atoms with Gasteiger partial charge in [-0.1, -0.05) is 0 Å². The number of aliphatic imine (C=N–C) groups is 1. The Kier molecular flexibility index (Phi) is 6.65. The van der Waals surface area contributed by atoms with Crippen molar-refractivity contribution < 1.29 is 9.53 Å². The van der Waals surface area contributed by atoms with Gasteiger partial charge in [-0.05, 0) is 43.4 Å². The number of allylic oxidation sites excluding steroid dienone is 1. The lowest BCUT2D eigenvalue weighted by Gasteiger charge is -2.33. The van der Waals surface area contributed by atoms with Gasteiger partial charge in [-0.25, -0.2) is 4.79 Å². The highest BCUT2D eigenvalue weighted by Crippen LogP contribution is 2.41. The van der Waals surface area contributed by atoms with E-state index in [2.05, 4.69) is 26.7 Å². The third-order valence-corrected chi connectivity index (χ3v) is 7.39. The maximum atomic E-state index is 12.1. The lowest BCUT2D eigenvalue weighted by atomic mass is 9.92. The highest BCUT2D eigenvalue weighted by molar-refractivity contribution is 6.10. The van der Waals surface area contributed by atoms with Crippen LogP contribution in [0, 0.1) is 11.3 Å². The number of anilines is 2. The largest absolute Gasteiger partial charge is 0.404 e. The number of hydrogen-bond acceptors (Lipinski definition) is 7. The van der Waals surface area contributed by atoms with Crippen LogP contribution in [0.15, 0.2) is 23.3 Å². The Morgan fingerprint density at radius 2 is 2.08 bits per heavy atom. The van der Waals surface area contributed by atoms with E-state index in [1.165, 1.54) is 11.9 Å². The van der Waals surface area contributed by atoms with Crippen molar-refractivity contribution in [1.82, 2.24) is 14.7 Å². The van der Waals surface area contributed by atoms with Crippen molar-refractivity contribution in [3.63, 3.8) is 0 Å². The van der Waals surface area contributed by atoms with Gasteiger partial charge in [0.05, 0.1) is 24.2 Å². The van der Waals surface area contributed by atoms with Gasteiger partial charge in [-0.15, -0.1) is 0 Å². The number of aryl methyl sites for hydroxylation is 1. The number of hydrogen-bond donors (Lipinski definition) is 2. The highest BCUT2D eigenvalue weighted by atomic mass is 16.5. The van der Waals surface area contributed by atoms with Gasteiger partial charge >= 0.3 is 6.03 Å². The number of carbonyl (C=O) groups is 1. The number of nitrogens with two attached hydrogens (primary N) is 2. The molecule has 36 heavy (non-hydrogen) atoms. The SMILES string of the molecule is CN=CC(=CN)c1cc2c(cc1C#N)N(c1nn(C3CCOCC3)c3c1CN(C(N)=O)CC3)CCC2. The molecule has 1 fully saturated rings. The van der Waals surface area contributed by atoms with Crippen LogP contribution < -0.4 is 16.4 Å². The van der Waals surface area contributed by atoms with Crippen LogP contribution in [0.3, 0.4) is 0 Å². The number of nitrogens with zero attached hydrogens (tertiary/aromatic N) is 6. The molecule has 10 nitrogen and oxygen atoms in total. The molecule has 0 atom stereocenters. The number of carbonyl (C=O) groups excluding carboxylic acids is 1. The Hall–Kier alpha value is -3.84. The molecule has 0 spiro atoms. The molecule has 5 rings (SSSR count). The van der Waals surface area contributed by atoms with Gasteiger partial charge in [0.25, 0.3) is 0 Å². The van der Waals surface area contributed by atoms with Gasteiger partial charge in [-0.3, -0.25) is 9.67 Å². The molecule has 1 aromatic carbocycles. The molecule has 1 aromatic heterocycles. The van der Waals surface area contributed by atoms with E-state index in [1.54, 1.807) is 18.2 Å². The summed E-state index contributed by atoms with van der Waals surface area (Å²) in [6.45, 7) is 3.25. The summed E-state index contributed by atoms with van der Waals surface area (Å²) in [6, 6.07) is 6.18. The zero-order valence-corrected chi connectivity index (χ0v) is 20.6. The molecule has 1 saturated heterocycles. The van der Waals surface area contributed by atoms with E-state index in [0.29, 0.717) is 30.6 Å². The summed E-state index contributed by atoms with van der Waals surface area (Å²) in [7, 11) is 1.68. The van der Waals surface area contributed by atoms with Gasteiger partial charge in [0.1, 0.15) is 0 Å². The number of amides is 2. The van der Waals surface area contributed by atoms with Gasteiger partial charge in [-0.2, -0.15) is 10.4 Å². The van der Waals surface area contributed by atoms with E-state index in [0.717, 1.165) is 73.6 Å². The first-order chi connectivity index (χ1) is 17.5. The molecule has 2 amide bonds. The van der Waals surface area contributed by atoms with E-state index in [1.807, 2.05) is 6.07 Å². The molecule has 0 aliphatic carbocycles. The number of benzene rings is 1. The maximum Gasteiger partial charge on any atom is 0.315 e. The van der Waals surface area contributed by atoms with Crippen molar-refractivity contribution in [3.05, 3.63) is 46.3 Å². The smallest absolute Gasteiger partial charge is 0.315 e. The number of urea groups is 1. The molecule has 188 valence electrons. The van der Waals surface area contributed by atoms with Crippen LogP contribution >= 0.6 is 0 Å². The molecule has 0 saturated carbocycles. The van der Waals surface area contributed by atoms with Crippen LogP contribution in [0.1, 0.15) is 53.3 Å². The van der Waals surface area contributed by atoms with E-state index in [9.17, 15) is 10.1 Å². The van der Waals surface area contributed by atoms with E-state index < -0.39 is 6.03 Å². The van der Waals surface area contributed by atoms with Gasteiger partial charge in [0.2, 0.25) is 0 Å². The third-order valence-electron chi connectivity index (χ3n) is 7.39. The average Bonchev–Trinajstić information content (AvgIpc) is 3.29. The Morgan fingerprint density at radius 3 is 2.78 bits per heavy atom. The fraction of sp³-hybridized carbons (Fsp3) is 0.462. The summed E-state index contributed by atoms with van der Waals surface area (Å²) in [4.78, 5) is 20.0. The first-order valence-electron chi connectivity index (χ1n) is 12.5. The first-order valence-corrected chi connectivity index (χ1v) is 12.5. The fourth-order valence-electron chi connectivity index (χ4n) is 5.59. The predicted molar refractivity (Wildman–Crippen MR) is 138 cm³/mol. The molecule has 2 aromatic rings. The van der Waals surface area contributed by atoms with Crippen molar-refractivity contribution in [2.24, 2.45) is 16.5 Å². The standard InChI is InChI=1S/C26H32N8O2/c1-30-15-19(14-28)21-11-17-3-2-7-33(24(17)12-18(21)13-27)25-22-16-32(26(29)35)8-4-23(22)34(31-25)20-5-9-36-10-6-20/h11-12,14-15,20H,2-10,16,28H2,1H3,(H2,29,35). The van der Waals surface area contributed by atoms with Crippen molar-refractivity contribution in [3.8, 4) is 6.07 Å². The lowest BCUT2D eigenvalue weighted by Crippen LogP contribution is -2.40. The van der Waals surface area contributed by atoms with Crippen molar-refractivity contribution in [1.29, 1.82) is 5.26 Å². The van der Waals surface area contributed by atoms with E-state index >= 15 is 0 Å². The Bertz CT molecular complexity index is 1270. The second-order valence-corrected chi connectivity index (χ2v) is 9.45. The lowest BCUT2D eigenvalue weighted by molar-refractivity contribution is 0.0651. The van der Waals surface area contributed by atoms with Crippen molar-refractivity contribution in [2.45, 2.75) is 44.7 Å². The van der Waals surface area contributed by atoms with Crippen LogP contribution in [0.2, 0.25) is 0 Å². The van der Waals surface area contributed by atoms with Crippen LogP contribution in [-0.2, 0) is 24.1 Å².